The standard InChI is InChI=1S/C20H20N4O3/c25-15-9-14(10-15)19(13-2-3-17-12(8-13)4-7-27-17)22-20(26)16-11-18-21-5-1-6-24(18)23-16/h1-3,5-6,8,11,14-15,19,25H,4,7,9-10H2,(H,22,26). The molecular formula is C20H20N4O3. The van der Waals surface area contributed by atoms with Crippen LogP contribution in [0.3, 0.4) is 0 Å². The highest BCUT2D eigenvalue weighted by atomic mass is 16.5. The van der Waals surface area contributed by atoms with Gasteiger partial charge in [0, 0.05) is 24.9 Å². The van der Waals surface area contributed by atoms with E-state index in [0.717, 1.165) is 17.7 Å². The molecule has 1 aliphatic heterocycles. The molecule has 7 heteroatoms. The number of aliphatic hydroxyl groups is 1. The van der Waals surface area contributed by atoms with E-state index in [0.29, 0.717) is 30.8 Å². The molecule has 5 rings (SSSR count). The van der Waals surface area contributed by atoms with Crippen LogP contribution in [0.5, 0.6) is 5.75 Å². The lowest BCUT2D eigenvalue weighted by molar-refractivity contribution is 0.0234. The second kappa shape index (κ2) is 6.35. The van der Waals surface area contributed by atoms with Crippen LogP contribution in [0.4, 0.5) is 0 Å². The highest BCUT2D eigenvalue weighted by Crippen LogP contribution is 2.39. The Morgan fingerprint density at radius 1 is 1.33 bits per heavy atom. The summed E-state index contributed by atoms with van der Waals surface area (Å²) in [6.45, 7) is 0.701. The van der Waals surface area contributed by atoms with Crippen LogP contribution in [0.15, 0.2) is 42.7 Å². The quantitative estimate of drug-likeness (QED) is 0.738. The predicted octanol–water partition coefficient (Wildman–Crippen LogP) is 1.91. The molecule has 1 aliphatic carbocycles. The molecule has 2 aromatic heterocycles. The van der Waals surface area contributed by atoms with Gasteiger partial charge in [-0.3, -0.25) is 4.79 Å². The average molecular weight is 364 g/mol. The summed E-state index contributed by atoms with van der Waals surface area (Å²) >= 11 is 0. The molecule has 27 heavy (non-hydrogen) atoms. The summed E-state index contributed by atoms with van der Waals surface area (Å²) < 4.78 is 7.18. The Labute approximate surface area is 156 Å². The number of carbonyl (C=O) groups is 1. The largest absolute Gasteiger partial charge is 0.493 e. The van der Waals surface area contributed by atoms with Gasteiger partial charge >= 0.3 is 0 Å². The summed E-state index contributed by atoms with van der Waals surface area (Å²) in [4.78, 5) is 17.1. The Bertz CT molecular complexity index is 976. The lowest BCUT2D eigenvalue weighted by Crippen LogP contribution is -2.41. The number of benzene rings is 1. The number of ether oxygens (including phenoxy) is 1. The molecule has 2 aliphatic rings. The lowest BCUT2D eigenvalue weighted by atomic mass is 9.75. The molecule has 1 unspecified atom stereocenters. The van der Waals surface area contributed by atoms with Crippen LogP contribution in [0.1, 0.15) is 40.5 Å². The van der Waals surface area contributed by atoms with E-state index in [1.54, 1.807) is 29.0 Å². The molecule has 2 N–H and O–H groups in total. The average Bonchev–Trinajstić information content (AvgIpc) is 3.29. The third-order valence-corrected chi connectivity index (χ3v) is 5.45. The van der Waals surface area contributed by atoms with Gasteiger partial charge in [0.15, 0.2) is 11.3 Å². The van der Waals surface area contributed by atoms with E-state index >= 15 is 0 Å². The number of hydrogen-bond donors (Lipinski definition) is 2. The number of amides is 1. The number of nitrogens with zero attached hydrogens (tertiary/aromatic N) is 3. The summed E-state index contributed by atoms with van der Waals surface area (Å²) in [5, 5.41) is 17.2. The summed E-state index contributed by atoms with van der Waals surface area (Å²) in [5.41, 5.74) is 3.19. The van der Waals surface area contributed by atoms with Crippen LogP contribution < -0.4 is 10.1 Å². The van der Waals surface area contributed by atoms with Crippen molar-refractivity contribution in [3.63, 3.8) is 0 Å². The van der Waals surface area contributed by atoms with Gasteiger partial charge in [-0.25, -0.2) is 9.50 Å². The molecule has 1 atom stereocenters. The van der Waals surface area contributed by atoms with Crippen LogP contribution in [-0.4, -0.2) is 38.3 Å². The van der Waals surface area contributed by atoms with E-state index in [2.05, 4.69) is 21.5 Å². The summed E-state index contributed by atoms with van der Waals surface area (Å²) in [6, 6.07) is 9.38. The van der Waals surface area contributed by atoms with Crippen molar-refractivity contribution in [2.45, 2.75) is 31.4 Å². The highest BCUT2D eigenvalue weighted by Gasteiger charge is 2.36. The van der Waals surface area contributed by atoms with E-state index < -0.39 is 0 Å². The van der Waals surface area contributed by atoms with Gasteiger partial charge in [-0.15, -0.1) is 0 Å². The summed E-state index contributed by atoms with van der Waals surface area (Å²) in [6.07, 6.45) is 5.40. The number of nitrogens with one attached hydrogen (secondary N) is 1. The number of hydrogen-bond acceptors (Lipinski definition) is 5. The predicted molar refractivity (Wildman–Crippen MR) is 97.6 cm³/mol. The van der Waals surface area contributed by atoms with Crippen LogP contribution in [0, 0.1) is 5.92 Å². The summed E-state index contributed by atoms with van der Waals surface area (Å²) in [7, 11) is 0. The van der Waals surface area contributed by atoms with E-state index in [9.17, 15) is 9.90 Å². The van der Waals surface area contributed by atoms with Crippen molar-refractivity contribution in [3.8, 4) is 5.75 Å². The van der Waals surface area contributed by atoms with Crippen LogP contribution in [0.25, 0.3) is 5.65 Å². The fourth-order valence-corrected chi connectivity index (χ4v) is 3.93. The fourth-order valence-electron chi connectivity index (χ4n) is 3.93. The molecule has 1 aromatic carbocycles. The van der Waals surface area contributed by atoms with Crippen molar-refractivity contribution < 1.29 is 14.6 Å². The minimum Gasteiger partial charge on any atom is -0.493 e. The third-order valence-electron chi connectivity index (χ3n) is 5.45. The number of aliphatic hydroxyl groups excluding tert-OH is 1. The molecule has 0 spiro atoms. The third kappa shape index (κ3) is 2.94. The lowest BCUT2D eigenvalue weighted by Gasteiger charge is -2.38. The van der Waals surface area contributed by atoms with Crippen molar-refractivity contribution in [2.75, 3.05) is 6.61 Å². The smallest absolute Gasteiger partial charge is 0.272 e. The van der Waals surface area contributed by atoms with E-state index in [1.165, 1.54) is 5.56 Å². The first-order chi connectivity index (χ1) is 13.2. The van der Waals surface area contributed by atoms with Gasteiger partial charge in [0.2, 0.25) is 0 Å². The highest BCUT2D eigenvalue weighted by molar-refractivity contribution is 5.93. The first-order valence-corrected chi connectivity index (χ1v) is 9.22. The Morgan fingerprint density at radius 2 is 2.22 bits per heavy atom. The zero-order valence-electron chi connectivity index (χ0n) is 14.7. The normalized spacial score (nSPS) is 22.0. The van der Waals surface area contributed by atoms with Crippen molar-refractivity contribution in [3.05, 3.63) is 59.5 Å². The van der Waals surface area contributed by atoms with Crippen LogP contribution >= 0.6 is 0 Å². The SMILES string of the molecule is O=C(NC(c1ccc2c(c1)CCO2)C1CC(O)C1)c1cc2ncccn2n1. The number of rotatable bonds is 4. The maximum absolute atomic E-state index is 12.9. The molecule has 138 valence electrons. The van der Waals surface area contributed by atoms with Gasteiger partial charge in [0.1, 0.15) is 5.75 Å². The van der Waals surface area contributed by atoms with Crippen molar-refractivity contribution >= 4 is 11.6 Å². The van der Waals surface area contributed by atoms with E-state index in [4.69, 9.17) is 4.74 Å². The first-order valence-electron chi connectivity index (χ1n) is 9.22. The maximum atomic E-state index is 12.9. The Balaban J connectivity index is 1.43. The molecule has 3 heterocycles. The minimum absolute atomic E-state index is 0.162. The zero-order chi connectivity index (χ0) is 18.4. The van der Waals surface area contributed by atoms with Crippen LogP contribution in [-0.2, 0) is 6.42 Å². The molecule has 3 aromatic rings. The molecule has 0 radical (unpaired) electrons. The topological polar surface area (TPSA) is 88.8 Å². The molecule has 7 nitrogen and oxygen atoms in total. The van der Waals surface area contributed by atoms with Crippen LogP contribution in [0.2, 0.25) is 0 Å². The van der Waals surface area contributed by atoms with Gasteiger partial charge in [-0.05, 0) is 48.1 Å². The van der Waals surface area contributed by atoms with Gasteiger partial charge in [-0.2, -0.15) is 5.10 Å². The second-order valence-electron chi connectivity index (χ2n) is 7.25. The number of carbonyl (C=O) groups excluding carboxylic acids is 1. The van der Waals surface area contributed by atoms with Crippen molar-refractivity contribution in [1.82, 2.24) is 19.9 Å². The molecular weight excluding hydrogens is 344 g/mol. The minimum atomic E-state index is -0.286. The fraction of sp³-hybridized carbons (Fsp3) is 0.350. The van der Waals surface area contributed by atoms with Gasteiger partial charge in [-0.1, -0.05) is 6.07 Å². The van der Waals surface area contributed by atoms with Crippen molar-refractivity contribution in [1.29, 1.82) is 0 Å². The Hall–Kier alpha value is -2.93. The molecule has 1 fully saturated rings. The van der Waals surface area contributed by atoms with Gasteiger partial charge in [0.25, 0.3) is 5.91 Å². The Kier molecular flexibility index (Phi) is 3.82. The zero-order valence-corrected chi connectivity index (χ0v) is 14.7. The van der Waals surface area contributed by atoms with Gasteiger partial charge in [0.05, 0.1) is 18.8 Å². The summed E-state index contributed by atoms with van der Waals surface area (Å²) in [5.74, 6) is 0.895. The Morgan fingerprint density at radius 3 is 3.04 bits per heavy atom. The molecule has 0 bridgehead atoms. The van der Waals surface area contributed by atoms with E-state index in [-0.39, 0.29) is 24.0 Å². The molecule has 1 amide bonds. The number of fused-ring (bicyclic) bond motifs is 2. The van der Waals surface area contributed by atoms with Crippen molar-refractivity contribution in [2.24, 2.45) is 5.92 Å². The molecule has 0 saturated heterocycles. The number of aromatic nitrogens is 3. The molecule has 1 saturated carbocycles. The first kappa shape index (κ1) is 16.3. The van der Waals surface area contributed by atoms with Gasteiger partial charge < -0.3 is 15.2 Å². The maximum Gasteiger partial charge on any atom is 0.272 e. The monoisotopic (exact) mass is 364 g/mol. The second-order valence-corrected chi connectivity index (χ2v) is 7.25. The van der Waals surface area contributed by atoms with E-state index in [1.807, 2.05) is 12.1 Å².